The number of alkyl halides is 2. The molecule has 1 aromatic heterocycles. The number of aromatic amines is 1. The Morgan fingerprint density at radius 2 is 1.61 bits per heavy atom. The highest BCUT2D eigenvalue weighted by atomic mass is 19.1. The van der Waals surface area contributed by atoms with Gasteiger partial charge in [0.25, 0.3) is 5.56 Å². The molecule has 2 aromatic carbocycles. The number of hydrogen-bond acceptors (Lipinski definition) is 5. The van der Waals surface area contributed by atoms with Crippen LogP contribution in [0.25, 0.3) is 0 Å². The van der Waals surface area contributed by atoms with Crippen LogP contribution in [0.5, 0.6) is 0 Å². The highest BCUT2D eigenvalue weighted by molar-refractivity contribution is 5.15. The van der Waals surface area contributed by atoms with Crippen LogP contribution < -0.4 is 11.2 Å². The first kappa shape index (κ1) is 23.0. The fourth-order valence-corrected chi connectivity index (χ4v) is 3.83. The molecule has 7 nitrogen and oxygen atoms in total. The lowest BCUT2D eigenvalue weighted by molar-refractivity contribution is -0.165. The molecule has 1 aliphatic heterocycles. The van der Waals surface area contributed by atoms with Crippen LogP contribution in [-0.4, -0.2) is 40.7 Å². The van der Waals surface area contributed by atoms with Crippen LogP contribution in [0.4, 0.5) is 8.78 Å². The van der Waals surface area contributed by atoms with E-state index in [9.17, 15) is 14.0 Å². The summed E-state index contributed by atoms with van der Waals surface area (Å²) in [6.07, 6.45) is -3.63. The minimum absolute atomic E-state index is 0.0168. The number of hydrogen-bond donors (Lipinski definition) is 1. The Balaban J connectivity index is 1.59. The van der Waals surface area contributed by atoms with Gasteiger partial charge < -0.3 is 14.2 Å². The van der Waals surface area contributed by atoms with E-state index >= 15 is 4.39 Å². The van der Waals surface area contributed by atoms with Crippen LogP contribution in [0, 0.1) is 0 Å². The Kier molecular flexibility index (Phi) is 7.12. The molecule has 1 saturated heterocycles. The second-order valence-corrected chi connectivity index (χ2v) is 7.86. The minimum Gasteiger partial charge on any atom is -0.374 e. The van der Waals surface area contributed by atoms with Gasteiger partial charge in [-0.1, -0.05) is 60.7 Å². The molecular weight excluding hydrogens is 434 g/mol. The van der Waals surface area contributed by atoms with Gasteiger partial charge in [-0.2, -0.15) is 0 Å². The molecule has 1 fully saturated rings. The van der Waals surface area contributed by atoms with Crippen LogP contribution in [0.3, 0.4) is 0 Å². The number of nitrogens with zero attached hydrogens (tertiary/aromatic N) is 1. The van der Waals surface area contributed by atoms with Crippen molar-refractivity contribution in [2.75, 3.05) is 13.3 Å². The van der Waals surface area contributed by atoms with E-state index in [0.717, 1.165) is 28.0 Å². The zero-order valence-electron chi connectivity index (χ0n) is 17.7. The Morgan fingerprint density at radius 1 is 0.970 bits per heavy atom. The van der Waals surface area contributed by atoms with Gasteiger partial charge in [0.2, 0.25) is 0 Å². The van der Waals surface area contributed by atoms with Crippen molar-refractivity contribution in [3.63, 3.8) is 0 Å². The van der Waals surface area contributed by atoms with Gasteiger partial charge in [0.1, 0.15) is 12.8 Å². The maximum Gasteiger partial charge on any atom is 0.330 e. The SMILES string of the molecule is O=c1ccn([C@@H]2O[C@](CF)(COCc3ccccc3)[C@H](OCc3ccccc3)[C@@H]2F)c(=O)[nH]1. The first-order valence-electron chi connectivity index (χ1n) is 10.5. The largest absolute Gasteiger partial charge is 0.374 e. The van der Waals surface area contributed by atoms with Gasteiger partial charge in [0.05, 0.1) is 19.8 Å². The monoisotopic (exact) mass is 458 g/mol. The van der Waals surface area contributed by atoms with Crippen molar-refractivity contribution in [3.8, 4) is 0 Å². The number of halogens is 2. The van der Waals surface area contributed by atoms with Crippen LogP contribution in [0.2, 0.25) is 0 Å². The van der Waals surface area contributed by atoms with E-state index < -0.39 is 42.0 Å². The zero-order valence-corrected chi connectivity index (χ0v) is 17.7. The van der Waals surface area contributed by atoms with Gasteiger partial charge in [-0.25, -0.2) is 13.6 Å². The molecule has 2 heterocycles. The first-order valence-corrected chi connectivity index (χ1v) is 10.5. The maximum absolute atomic E-state index is 15.6. The summed E-state index contributed by atoms with van der Waals surface area (Å²) in [5.74, 6) is 0. The average Bonchev–Trinajstić information content (AvgIpc) is 3.10. The van der Waals surface area contributed by atoms with Crippen molar-refractivity contribution in [1.82, 2.24) is 9.55 Å². The topological polar surface area (TPSA) is 82.5 Å². The van der Waals surface area contributed by atoms with Crippen LogP contribution in [-0.2, 0) is 27.4 Å². The van der Waals surface area contributed by atoms with E-state index in [1.807, 2.05) is 48.5 Å². The number of ether oxygens (including phenoxy) is 3. The number of aromatic nitrogens is 2. The molecule has 4 rings (SSSR count). The van der Waals surface area contributed by atoms with Crippen molar-refractivity contribution in [2.24, 2.45) is 0 Å². The quantitative estimate of drug-likeness (QED) is 0.533. The minimum atomic E-state index is -1.90. The standard InChI is InChI=1S/C24H24F2N2O5/c25-15-24(16-31-13-17-7-3-1-4-8-17)21(32-14-18-9-5-2-6-10-18)20(26)22(33-24)28-12-11-19(29)27-23(28)30/h1-12,20-22H,13-16H2,(H,27,29,30)/t20-,21+,22+,24+/m0/s1. The van der Waals surface area contributed by atoms with Gasteiger partial charge in [-0.05, 0) is 11.1 Å². The van der Waals surface area contributed by atoms with Gasteiger partial charge in [-0.3, -0.25) is 14.3 Å². The summed E-state index contributed by atoms with van der Waals surface area (Å²) in [6, 6.07) is 19.4. The Bertz CT molecular complexity index is 1150. The van der Waals surface area contributed by atoms with Crippen molar-refractivity contribution >= 4 is 0 Å². The molecule has 0 unspecified atom stereocenters. The van der Waals surface area contributed by atoms with Crippen molar-refractivity contribution in [3.05, 3.63) is 105 Å². The normalized spacial score (nSPS) is 24.7. The Morgan fingerprint density at radius 3 is 2.21 bits per heavy atom. The Hall–Kier alpha value is -3.14. The summed E-state index contributed by atoms with van der Waals surface area (Å²) in [7, 11) is 0. The first-order chi connectivity index (χ1) is 16.0. The third kappa shape index (κ3) is 5.11. The highest BCUT2D eigenvalue weighted by Gasteiger charge is 2.58. The summed E-state index contributed by atoms with van der Waals surface area (Å²) in [5.41, 5.74) is -1.66. The predicted octanol–water partition coefficient (Wildman–Crippen LogP) is 2.91. The lowest BCUT2D eigenvalue weighted by atomic mass is 9.97. The van der Waals surface area contributed by atoms with E-state index in [-0.39, 0.29) is 19.8 Å². The second kappa shape index (κ2) is 10.2. The summed E-state index contributed by atoms with van der Waals surface area (Å²) in [6.45, 7) is -1.22. The molecule has 0 bridgehead atoms. The van der Waals surface area contributed by atoms with Crippen molar-refractivity contribution in [2.45, 2.75) is 37.3 Å². The molecule has 0 saturated carbocycles. The van der Waals surface area contributed by atoms with Crippen LogP contribution >= 0.6 is 0 Å². The molecule has 0 radical (unpaired) electrons. The van der Waals surface area contributed by atoms with Crippen molar-refractivity contribution < 1.29 is 23.0 Å². The van der Waals surface area contributed by atoms with Gasteiger partial charge in [0, 0.05) is 12.3 Å². The highest BCUT2D eigenvalue weighted by Crippen LogP contribution is 2.41. The zero-order chi connectivity index (χ0) is 23.3. The van der Waals surface area contributed by atoms with Crippen LogP contribution in [0.15, 0.2) is 82.5 Å². The number of benzene rings is 2. The van der Waals surface area contributed by atoms with Crippen LogP contribution in [0.1, 0.15) is 17.4 Å². The molecule has 0 spiro atoms. The molecule has 3 aromatic rings. The fraction of sp³-hybridized carbons (Fsp3) is 0.333. The third-order valence-corrected chi connectivity index (χ3v) is 5.52. The smallest absolute Gasteiger partial charge is 0.330 e. The van der Waals surface area contributed by atoms with Gasteiger partial charge in [0.15, 0.2) is 18.0 Å². The summed E-state index contributed by atoms with van der Waals surface area (Å²) >= 11 is 0. The van der Waals surface area contributed by atoms with Gasteiger partial charge in [-0.15, -0.1) is 0 Å². The molecule has 0 aliphatic carbocycles. The molecular formula is C24H24F2N2O5. The summed E-state index contributed by atoms with van der Waals surface area (Å²) in [4.78, 5) is 25.7. The van der Waals surface area contributed by atoms with Crippen molar-refractivity contribution in [1.29, 1.82) is 0 Å². The van der Waals surface area contributed by atoms with E-state index in [2.05, 4.69) is 4.98 Å². The van der Waals surface area contributed by atoms with E-state index in [4.69, 9.17) is 14.2 Å². The average molecular weight is 458 g/mol. The molecule has 33 heavy (non-hydrogen) atoms. The molecule has 0 amide bonds. The molecule has 9 heteroatoms. The lowest BCUT2D eigenvalue weighted by Gasteiger charge is -2.31. The van der Waals surface area contributed by atoms with E-state index in [1.54, 1.807) is 12.1 Å². The lowest BCUT2D eigenvalue weighted by Crippen LogP contribution is -2.49. The van der Waals surface area contributed by atoms with E-state index in [1.165, 1.54) is 0 Å². The number of nitrogens with one attached hydrogen (secondary N) is 1. The van der Waals surface area contributed by atoms with Gasteiger partial charge >= 0.3 is 5.69 Å². The fourth-order valence-electron chi connectivity index (χ4n) is 3.83. The molecule has 174 valence electrons. The third-order valence-electron chi connectivity index (χ3n) is 5.52. The summed E-state index contributed by atoms with van der Waals surface area (Å²) in [5, 5.41) is 0. The molecule has 1 aliphatic rings. The molecule has 1 N–H and O–H groups in total. The predicted molar refractivity (Wildman–Crippen MR) is 116 cm³/mol. The van der Waals surface area contributed by atoms with E-state index in [0.29, 0.717) is 0 Å². The molecule has 4 atom stereocenters. The maximum atomic E-state index is 15.6. The second-order valence-electron chi connectivity index (χ2n) is 7.86. The number of rotatable bonds is 9. The number of H-pyrrole nitrogens is 1. The Labute approximate surface area is 188 Å². The summed E-state index contributed by atoms with van der Waals surface area (Å²) < 4.78 is 48.3.